The van der Waals surface area contributed by atoms with Crippen LogP contribution in [0.1, 0.15) is 56.2 Å². The molecule has 1 heterocycles. The van der Waals surface area contributed by atoms with Crippen LogP contribution in [0.25, 0.3) is 0 Å². The van der Waals surface area contributed by atoms with Crippen molar-refractivity contribution >= 4 is 0 Å². The summed E-state index contributed by atoms with van der Waals surface area (Å²) in [4.78, 5) is 0. The topological polar surface area (TPSA) is 39.2 Å². The van der Waals surface area contributed by atoms with Crippen LogP contribution in [0.15, 0.2) is 10.5 Å². The number of nitrogens with two attached hydrogens (primary N) is 1. The molecule has 2 nitrogen and oxygen atoms in total. The fraction of sp³-hybridized carbons (Fsp3) is 0.636. The van der Waals surface area contributed by atoms with Gasteiger partial charge in [0, 0.05) is 0 Å². The third-order valence-electron chi connectivity index (χ3n) is 2.40. The summed E-state index contributed by atoms with van der Waals surface area (Å²) in [5.41, 5.74) is 7.16. The van der Waals surface area contributed by atoms with E-state index in [1.54, 1.807) is 0 Å². The average Bonchev–Trinajstić information content (AvgIpc) is 2.46. The minimum atomic E-state index is 0.0474. The first-order valence-corrected chi connectivity index (χ1v) is 4.92. The Kier molecular flexibility index (Phi) is 3.15. The summed E-state index contributed by atoms with van der Waals surface area (Å²) >= 11 is 0. The first kappa shape index (κ1) is 10.3. The van der Waals surface area contributed by atoms with Crippen LogP contribution >= 0.6 is 0 Å². The predicted molar refractivity (Wildman–Crippen MR) is 54.8 cm³/mol. The molecule has 13 heavy (non-hydrogen) atoms. The summed E-state index contributed by atoms with van der Waals surface area (Å²) in [6.45, 7) is 8.40. The highest BCUT2D eigenvalue weighted by molar-refractivity contribution is 5.25. The lowest BCUT2D eigenvalue weighted by molar-refractivity contribution is 0.439. The van der Waals surface area contributed by atoms with Crippen molar-refractivity contribution in [3.8, 4) is 0 Å². The lowest BCUT2D eigenvalue weighted by Gasteiger charge is -2.02. The molecule has 0 saturated heterocycles. The Hall–Kier alpha value is -0.760. The molecule has 0 bridgehead atoms. The SMILES string of the molecule is CCC(N)c1cc(C(C)C)c(C)o1. The molecule has 0 saturated carbocycles. The van der Waals surface area contributed by atoms with Gasteiger partial charge < -0.3 is 10.2 Å². The molecular formula is C11H19NO. The van der Waals surface area contributed by atoms with Gasteiger partial charge in [-0.05, 0) is 30.9 Å². The molecule has 1 aromatic heterocycles. The second kappa shape index (κ2) is 3.97. The maximum atomic E-state index is 5.88. The molecule has 0 aromatic carbocycles. The first-order valence-electron chi connectivity index (χ1n) is 4.92. The van der Waals surface area contributed by atoms with Gasteiger partial charge in [-0.15, -0.1) is 0 Å². The third-order valence-corrected chi connectivity index (χ3v) is 2.40. The van der Waals surface area contributed by atoms with E-state index in [9.17, 15) is 0 Å². The molecule has 0 aliphatic carbocycles. The maximum absolute atomic E-state index is 5.88. The van der Waals surface area contributed by atoms with Gasteiger partial charge in [0.1, 0.15) is 11.5 Å². The molecule has 2 heteroatoms. The Morgan fingerprint density at radius 2 is 2.08 bits per heavy atom. The highest BCUT2D eigenvalue weighted by Crippen LogP contribution is 2.26. The highest BCUT2D eigenvalue weighted by atomic mass is 16.3. The van der Waals surface area contributed by atoms with Gasteiger partial charge >= 0.3 is 0 Å². The Balaban J connectivity index is 2.95. The fourth-order valence-corrected chi connectivity index (χ4v) is 1.48. The lowest BCUT2D eigenvalue weighted by Crippen LogP contribution is -2.06. The van der Waals surface area contributed by atoms with E-state index in [0.29, 0.717) is 5.92 Å². The Morgan fingerprint density at radius 1 is 1.46 bits per heavy atom. The quantitative estimate of drug-likeness (QED) is 0.778. The van der Waals surface area contributed by atoms with Crippen LogP contribution in [-0.2, 0) is 0 Å². The van der Waals surface area contributed by atoms with E-state index in [0.717, 1.165) is 17.9 Å². The van der Waals surface area contributed by atoms with E-state index in [2.05, 4.69) is 26.8 Å². The van der Waals surface area contributed by atoms with E-state index in [1.165, 1.54) is 5.56 Å². The molecule has 1 rings (SSSR count). The van der Waals surface area contributed by atoms with Crippen molar-refractivity contribution in [3.05, 3.63) is 23.2 Å². The van der Waals surface area contributed by atoms with Gasteiger partial charge in [-0.1, -0.05) is 20.8 Å². The molecule has 0 fully saturated rings. The Morgan fingerprint density at radius 3 is 2.46 bits per heavy atom. The van der Waals surface area contributed by atoms with Gasteiger partial charge in [-0.25, -0.2) is 0 Å². The fourth-order valence-electron chi connectivity index (χ4n) is 1.48. The van der Waals surface area contributed by atoms with Crippen molar-refractivity contribution in [1.29, 1.82) is 0 Å². The minimum absolute atomic E-state index is 0.0474. The average molecular weight is 181 g/mol. The minimum Gasteiger partial charge on any atom is -0.464 e. The van der Waals surface area contributed by atoms with Crippen molar-refractivity contribution in [2.24, 2.45) is 5.73 Å². The molecular weight excluding hydrogens is 162 g/mol. The maximum Gasteiger partial charge on any atom is 0.121 e. The molecule has 74 valence electrons. The van der Waals surface area contributed by atoms with Gasteiger partial charge in [0.25, 0.3) is 0 Å². The first-order chi connectivity index (χ1) is 6.06. The summed E-state index contributed by atoms with van der Waals surface area (Å²) < 4.78 is 5.60. The zero-order valence-electron chi connectivity index (χ0n) is 8.92. The summed E-state index contributed by atoms with van der Waals surface area (Å²) in [5, 5.41) is 0. The van der Waals surface area contributed by atoms with Crippen molar-refractivity contribution in [2.75, 3.05) is 0 Å². The number of hydrogen-bond acceptors (Lipinski definition) is 2. The molecule has 0 amide bonds. The van der Waals surface area contributed by atoms with E-state index < -0.39 is 0 Å². The monoisotopic (exact) mass is 181 g/mol. The standard InChI is InChI=1S/C11H19NO/c1-5-10(12)11-6-9(7(2)3)8(4)13-11/h6-7,10H,5,12H2,1-4H3. The molecule has 0 spiro atoms. The van der Waals surface area contributed by atoms with Crippen molar-refractivity contribution in [3.63, 3.8) is 0 Å². The summed E-state index contributed by atoms with van der Waals surface area (Å²) in [6, 6.07) is 2.14. The van der Waals surface area contributed by atoms with Gasteiger partial charge in [-0.3, -0.25) is 0 Å². The van der Waals surface area contributed by atoms with Crippen LogP contribution in [0.4, 0.5) is 0 Å². The van der Waals surface area contributed by atoms with E-state index >= 15 is 0 Å². The molecule has 0 aliphatic heterocycles. The number of aryl methyl sites for hydroxylation is 1. The van der Waals surface area contributed by atoms with Gasteiger partial charge in [0.2, 0.25) is 0 Å². The van der Waals surface area contributed by atoms with Crippen molar-refractivity contribution in [2.45, 2.75) is 46.1 Å². The number of furan rings is 1. The number of hydrogen-bond donors (Lipinski definition) is 1. The summed E-state index contributed by atoms with van der Waals surface area (Å²) in [5.74, 6) is 2.44. The molecule has 2 N–H and O–H groups in total. The van der Waals surface area contributed by atoms with Gasteiger partial charge in [0.15, 0.2) is 0 Å². The molecule has 0 radical (unpaired) electrons. The van der Waals surface area contributed by atoms with Crippen LogP contribution < -0.4 is 5.73 Å². The smallest absolute Gasteiger partial charge is 0.121 e. The number of rotatable bonds is 3. The molecule has 1 aromatic rings. The van der Waals surface area contributed by atoms with Crippen LogP contribution in [0.3, 0.4) is 0 Å². The highest BCUT2D eigenvalue weighted by Gasteiger charge is 2.14. The van der Waals surface area contributed by atoms with Crippen LogP contribution in [-0.4, -0.2) is 0 Å². The van der Waals surface area contributed by atoms with Crippen LogP contribution in [0.2, 0.25) is 0 Å². The Labute approximate surface area is 80.1 Å². The molecule has 1 unspecified atom stereocenters. The second-order valence-corrected chi connectivity index (χ2v) is 3.83. The van der Waals surface area contributed by atoms with Crippen LogP contribution in [0.5, 0.6) is 0 Å². The Bertz CT molecular complexity index is 276. The molecule has 1 atom stereocenters. The summed E-state index contributed by atoms with van der Waals surface area (Å²) in [7, 11) is 0. The second-order valence-electron chi connectivity index (χ2n) is 3.83. The van der Waals surface area contributed by atoms with E-state index in [-0.39, 0.29) is 6.04 Å². The van der Waals surface area contributed by atoms with Crippen molar-refractivity contribution in [1.82, 2.24) is 0 Å². The van der Waals surface area contributed by atoms with Gasteiger partial charge in [-0.2, -0.15) is 0 Å². The zero-order chi connectivity index (χ0) is 10.0. The van der Waals surface area contributed by atoms with Crippen molar-refractivity contribution < 1.29 is 4.42 Å². The largest absolute Gasteiger partial charge is 0.464 e. The predicted octanol–water partition coefficient (Wildman–Crippen LogP) is 3.12. The summed E-state index contributed by atoms with van der Waals surface area (Å²) in [6.07, 6.45) is 0.921. The van der Waals surface area contributed by atoms with Crippen LogP contribution in [0, 0.1) is 6.92 Å². The molecule has 0 aliphatic rings. The lowest BCUT2D eigenvalue weighted by atomic mass is 10.0. The third kappa shape index (κ3) is 2.13. The zero-order valence-corrected chi connectivity index (χ0v) is 8.92. The van der Waals surface area contributed by atoms with Gasteiger partial charge in [0.05, 0.1) is 6.04 Å². The van der Waals surface area contributed by atoms with E-state index in [1.807, 2.05) is 6.92 Å². The normalized spacial score (nSPS) is 13.7. The van der Waals surface area contributed by atoms with E-state index in [4.69, 9.17) is 10.2 Å².